The minimum absolute atomic E-state index is 0.0113. The molecule has 3 rings (SSSR count). The maximum Gasteiger partial charge on any atom is 0.336 e. The average molecular weight is 867 g/mol. The zero-order valence-corrected chi connectivity index (χ0v) is 36.9. The Morgan fingerprint density at radius 3 is 1.27 bits per heavy atom. The standard InChI is InChI=1S/C42H67N4O13P/c1-8-20-53-26-29-56-23-17-43-35(47)11-14-41(15-12-36(48)44-18-24-57-30-27-54-21-9-2,16-13-37(49)45-19-25-58-31-28-55-22-10-3)46-38(50)40-32-42(33-40,34-40)59-60(51,52-7)39(4,5)6/h1-3H,11-34H2,4-7H3,(H,43,47)(H,44,48)(H,45,49)(H,46,50)/t40-,42-,60?. The van der Waals surface area contributed by atoms with Crippen LogP contribution in [0.15, 0.2) is 0 Å². The van der Waals surface area contributed by atoms with Gasteiger partial charge in [0.1, 0.15) is 19.8 Å². The number of hydrogen-bond donors (Lipinski definition) is 4. The summed E-state index contributed by atoms with van der Waals surface area (Å²) in [4.78, 5) is 53.7. The van der Waals surface area contributed by atoms with Gasteiger partial charge in [-0.2, -0.15) is 0 Å². The largest absolute Gasteiger partial charge is 0.377 e. The molecule has 3 aliphatic carbocycles. The van der Waals surface area contributed by atoms with E-state index in [4.69, 9.17) is 56.7 Å². The van der Waals surface area contributed by atoms with Crippen molar-refractivity contribution in [2.75, 3.05) is 106 Å². The Bertz CT molecular complexity index is 1400. The first-order valence-corrected chi connectivity index (χ1v) is 21.9. The average Bonchev–Trinajstić information content (AvgIpc) is 3.18. The first-order valence-electron chi connectivity index (χ1n) is 20.4. The molecule has 0 heterocycles. The zero-order valence-electron chi connectivity index (χ0n) is 36.0. The Hall–Kier alpha value is -3.53. The van der Waals surface area contributed by atoms with Crippen molar-refractivity contribution in [1.29, 1.82) is 0 Å². The Kier molecular flexibility index (Phi) is 24.0. The van der Waals surface area contributed by atoms with Crippen LogP contribution >= 0.6 is 7.60 Å². The van der Waals surface area contributed by atoms with Crippen LogP contribution in [-0.2, 0) is 61.2 Å². The summed E-state index contributed by atoms with van der Waals surface area (Å²) in [5, 5.41) is 10.9. The fourth-order valence-electron chi connectivity index (χ4n) is 6.84. The summed E-state index contributed by atoms with van der Waals surface area (Å²) < 4.78 is 57.1. The summed E-state index contributed by atoms with van der Waals surface area (Å²) in [6.45, 7) is 9.22. The van der Waals surface area contributed by atoms with E-state index in [2.05, 4.69) is 39.0 Å². The summed E-state index contributed by atoms with van der Waals surface area (Å²) in [6, 6.07) is 0. The third kappa shape index (κ3) is 18.6. The molecule has 4 N–H and O–H groups in total. The van der Waals surface area contributed by atoms with Crippen LogP contribution < -0.4 is 21.3 Å². The van der Waals surface area contributed by atoms with Gasteiger partial charge in [-0.1, -0.05) is 17.8 Å². The number of amides is 4. The maximum absolute atomic E-state index is 14.2. The number of hydrogen-bond acceptors (Lipinski definition) is 13. The number of rotatable bonds is 35. The van der Waals surface area contributed by atoms with Crippen LogP contribution in [0.4, 0.5) is 0 Å². The predicted octanol–water partition coefficient (Wildman–Crippen LogP) is 2.11. The molecule has 17 nitrogen and oxygen atoms in total. The second-order valence-electron chi connectivity index (χ2n) is 15.8. The van der Waals surface area contributed by atoms with E-state index in [0.717, 1.165) is 0 Å². The lowest BCUT2D eigenvalue weighted by atomic mass is 9.41. The molecule has 0 aliphatic heterocycles. The number of ether oxygens (including phenoxy) is 6. The van der Waals surface area contributed by atoms with E-state index in [-0.39, 0.29) is 121 Å². The molecule has 3 fully saturated rings. The summed E-state index contributed by atoms with van der Waals surface area (Å²) in [5.41, 5.74) is -2.68. The van der Waals surface area contributed by atoms with Crippen LogP contribution in [0.3, 0.4) is 0 Å². The quantitative estimate of drug-likeness (QED) is 0.0410. The molecule has 0 aromatic rings. The molecule has 3 aliphatic rings. The lowest BCUT2D eigenvalue weighted by Gasteiger charge is -2.69. The van der Waals surface area contributed by atoms with Gasteiger partial charge in [0.05, 0.1) is 75.6 Å². The number of terminal acetylenes is 3. The Labute approximate surface area is 356 Å². The van der Waals surface area contributed by atoms with Crippen LogP contribution in [0, 0.1) is 42.4 Å². The van der Waals surface area contributed by atoms with Gasteiger partial charge in [-0.05, 0) is 59.3 Å². The highest BCUT2D eigenvalue weighted by molar-refractivity contribution is 7.55. The lowest BCUT2D eigenvalue weighted by molar-refractivity contribution is -0.240. The van der Waals surface area contributed by atoms with Crippen LogP contribution in [0.1, 0.15) is 78.6 Å². The van der Waals surface area contributed by atoms with E-state index >= 15 is 0 Å². The molecular formula is C42H67N4O13P. The highest BCUT2D eigenvalue weighted by atomic mass is 31.2. The molecule has 338 valence electrons. The zero-order chi connectivity index (χ0) is 44.4. The van der Waals surface area contributed by atoms with Crippen molar-refractivity contribution in [2.24, 2.45) is 5.41 Å². The molecule has 0 radical (unpaired) electrons. The van der Waals surface area contributed by atoms with Gasteiger partial charge in [-0.15, -0.1) is 19.3 Å². The Morgan fingerprint density at radius 1 is 0.600 bits per heavy atom. The van der Waals surface area contributed by atoms with Crippen LogP contribution in [-0.4, -0.2) is 146 Å². The molecule has 1 atom stereocenters. The highest BCUT2D eigenvalue weighted by Gasteiger charge is 2.75. The van der Waals surface area contributed by atoms with Crippen molar-refractivity contribution in [3.8, 4) is 37.0 Å². The summed E-state index contributed by atoms with van der Waals surface area (Å²) in [6.07, 6.45) is 16.9. The van der Waals surface area contributed by atoms with E-state index in [1.807, 2.05) is 0 Å². The van der Waals surface area contributed by atoms with E-state index in [9.17, 15) is 23.7 Å². The smallest absolute Gasteiger partial charge is 0.336 e. The topological polar surface area (TPSA) is 207 Å². The van der Waals surface area contributed by atoms with Gasteiger partial charge >= 0.3 is 7.60 Å². The van der Waals surface area contributed by atoms with Gasteiger partial charge in [-0.25, -0.2) is 0 Å². The van der Waals surface area contributed by atoms with Crippen LogP contribution in [0.25, 0.3) is 0 Å². The monoisotopic (exact) mass is 866 g/mol. The number of carbonyl (C=O) groups is 4. The molecule has 0 aromatic heterocycles. The third-order valence-electron chi connectivity index (χ3n) is 10.1. The van der Waals surface area contributed by atoms with Gasteiger partial charge in [0.15, 0.2) is 0 Å². The van der Waals surface area contributed by atoms with E-state index < -0.39 is 29.3 Å². The predicted molar refractivity (Wildman–Crippen MR) is 223 cm³/mol. The molecule has 4 amide bonds. The minimum atomic E-state index is -3.49. The van der Waals surface area contributed by atoms with E-state index in [1.165, 1.54) is 7.11 Å². The lowest BCUT2D eigenvalue weighted by Crippen LogP contribution is -2.74. The third-order valence-corrected chi connectivity index (χ3v) is 12.8. The molecule has 18 heteroatoms. The van der Waals surface area contributed by atoms with Crippen molar-refractivity contribution >= 4 is 31.2 Å². The Balaban J connectivity index is 2.16. The normalized spacial score (nSPS) is 18.9. The summed E-state index contributed by atoms with van der Waals surface area (Å²) in [7, 11) is -2.14. The fraction of sp³-hybridized carbons (Fsp3) is 0.762. The Morgan fingerprint density at radius 2 is 0.950 bits per heavy atom. The summed E-state index contributed by atoms with van der Waals surface area (Å²) in [5.74, 6) is 5.96. The van der Waals surface area contributed by atoms with Crippen LogP contribution in [0.2, 0.25) is 0 Å². The van der Waals surface area contributed by atoms with Crippen molar-refractivity contribution < 1.29 is 61.2 Å². The molecular weight excluding hydrogens is 799 g/mol. The van der Waals surface area contributed by atoms with Gasteiger partial charge in [0.2, 0.25) is 23.6 Å². The van der Waals surface area contributed by atoms with Crippen molar-refractivity contribution in [2.45, 2.75) is 94.9 Å². The second-order valence-corrected chi connectivity index (χ2v) is 18.7. The summed E-state index contributed by atoms with van der Waals surface area (Å²) >= 11 is 0. The SMILES string of the molecule is C#CCOCCOCCNC(=O)CCC(CCC(=O)NCCOCCOCC#C)(CCC(=O)NCCOCCOCC#C)NC(=O)[C@]12C[C@@](OP(=O)(OC)C(C)(C)C)(C1)C2. The molecule has 3 saturated carbocycles. The molecule has 2 bridgehead atoms. The maximum atomic E-state index is 14.2. The highest BCUT2D eigenvalue weighted by Crippen LogP contribution is 2.75. The minimum Gasteiger partial charge on any atom is -0.377 e. The first-order chi connectivity index (χ1) is 28.6. The molecule has 60 heavy (non-hydrogen) atoms. The number of nitrogens with one attached hydrogen (secondary N) is 4. The molecule has 0 aromatic carbocycles. The van der Waals surface area contributed by atoms with E-state index in [1.54, 1.807) is 20.8 Å². The fourth-order valence-corrected chi connectivity index (χ4v) is 8.44. The number of carbonyl (C=O) groups excluding carboxylic acids is 4. The van der Waals surface area contributed by atoms with Crippen molar-refractivity contribution in [1.82, 2.24) is 21.3 Å². The van der Waals surface area contributed by atoms with Gasteiger partial charge < -0.3 is 58.7 Å². The second kappa shape index (κ2) is 27.4. The molecule has 1 unspecified atom stereocenters. The van der Waals surface area contributed by atoms with Crippen molar-refractivity contribution in [3.05, 3.63) is 0 Å². The van der Waals surface area contributed by atoms with E-state index in [0.29, 0.717) is 58.9 Å². The van der Waals surface area contributed by atoms with Gasteiger partial charge in [0.25, 0.3) is 0 Å². The molecule has 0 saturated heterocycles. The van der Waals surface area contributed by atoms with Crippen molar-refractivity contribution in [3.63, 3.8) is 0 Å². The first kappa shape index (κ1) is 52.6. The molecule has 0 spiro atoms. The van der Waals surface area contributed by atoms with Gasteiger partial charge in [0, 0.05) is 51.5 Å². The van der Waals surface area contributed by atoms with Crippen LogP contribution in [0.5, 0.6) is 0 Å². The van der Waals surface area contributed by atoms with Gasteiger partial charge in [-0.3, -0.25) is 23.7 Å².